The Labute approximate surface area is 276 Å². The molecule has 6 rings (SSSR count). The second-order valence-corrected chi connectivity index (χ2v) is 14.3. The van der Waals surface area contributed by atoms with Crippen molar-refractivity contribution in [1.82, 2.24) is 9.80 Å². The van der Waals surface area contributed by atoms with Gasteiger partial charge >= 0.3 is 0 Å². The summed E-state index contributed by atoms with van der Waals surface area (Å²) in [4.78, 5) is 32.2. The van der Waals surface area contributed by atoms with Crippen LogP contribution in [0.3, 0.4) is 0 Å². The molecule has 2 amide bonds. The molecule has 3 aliphatic heterocycles. The number of hydrogen-bond donors (Lipinski definition) is 1. The van der Waals surface area contributed by atoms with Gasteiger partial charge in [0.05, 0.1) is 24.5 Å². The summed E-state index contributed by atoms with van der Waals surface area (Å²) in [6.07, 6.45) is 10.2. The highest BCUT2D eigenvalue weighted by Gasteiger charge is 2.58. The molecule has 0 unspecified atom stereocenters. The number of imide groups is 1. The lowest BCUT2D eigenvalue weighted by Gasteiger charge is -2.36. The number of phenolic OH excluding ortho intramolecular Hbond substituents is 1. The van der Waals surface area contributed by atoms with E-state index in [1.54, 1.807) is 11.0 Å². The standard InChI is InChI=1S/C38H47BrN2O4/c1-3-8-25(20-28-21-29(39)13-14-33(28)42)12-15-34-35-27(9-4-2)22-31-36(32(35)24-45-34)38(44)41(37(31)43)30-16-18-40(19-17-30)23-26-10-6-5-7-11-26/h5-7,10-11,13-14,20-21,30-32,34,36,42H,3-4,8-9,12,15-19,22-24H2,1-2H3/b25-20+/t31-,32+,34-,36-/m1/s1. The number of carbonyl (C=O) groups excluding carboxylic acids is 2. The molecule has 3 fully saturated rings. The van der Waals surface area contributed by atoms with Crippen molar-refractivity contribution in [3.05, 3.63) is 80.8 Å². The molecule has 0 spiro atoms. The van der Waals surface area contributed by atoms with Crippen molar-refractivity contribution in [1.29, 1.82) is 0 Å². The lowest BCUT2D eigenvalue weighted by atomic mass is 9.68. The van der Waals surface area contributed by atoms with Gasteiger partial charge in [-0.2, -0.15) is 0 Å². The lowest BCUT2D eigenvalue weighted by molar-refractivity contribution is -0.144. The maximum Gasteiger partial charge on any atom is 0.234 e. The van der Waals surface area contributed by atoms with Gasteiger partial charge in [-0.3, -0.25) is 19.4 Å². The number of rotatable bonds is 11. The summed E-state index contributed by atoms with van der Waals surface area (Å²) in [5, 5.41) is 10.4. The monoisotopic (exact) mass is 674 g/mol. The summed E-state index contributed by atoms with van der Waals surface area (Å²) < 4.78 is 7.45. The van der Waals surface area contributed by atoms with E-state index in [1.165, 1.54) is 22.3 Å². The molecule has 1 aliphatic carbocycles. The molecule has 3 saturated heterocycles. The number of ether oxygens (including phenoxy) is 1. The molecule has 6 nitrogen and oxygen atoms in total. The van der Waals surface area contributed by atoms with E-state index in [0.717, 1.165) is 81.0 Å². The average molecular weight is 676 g/mol. The third kappa shape index (κ3) is 6.86. The van der Waals surface area contributed by atoms with Gasteiger partial charge in [-0.25, -0.2) is 0 Å². The number of carbonyl (C=O) groups is 2. The average Bonchev–Trinajstić information content (AvgIpc) is 3.57. The summed E-state index contributed by atoms with van der Waals surface area (Å²) in [7, 11) is 0. The van der Waals surface area contributed by atoms with E-state index in [9.17, 15) is 14.7 Å². The molecule has 2 aromatic rings. The number of benzene rings is 2. The number of halogens is 1. The second-order valence-electron chi connectivity index (χ2n) is 13.4. The normalized spacial score (nSPS) is 26.1. The molecule has 0 saturated carbocycles. The van der Waals surface area contributed by atoms with Crippen LogP contribution in [0, 0.1) is 17.8 Å². The van der Waals surface area contributed by atoms with Crippen molar-refractivity contribution < 1.29 is 19.4 Å². The molecule has 2 aromatic carbocycles. The Morgan fingerprint density at radius 2 is 1.78 bits per heavy atom. The van der Waals surface area contributed by atoms with Gasteiger partial charge in [-0.05, 0) is 74.3 Å². The van der Waals surface area contributed by atoms with Crippen LogP contribution in [0.4, 0.5) is 0 Å². The molecular weight excluding hydrogens is 628 g/mol. The molecule has 7 heteroatoms. The zero-order valence-electron chi connectivity index (χ0n) is 26.7. The summed E-state index contributed by atoms with van der Waals surface area (Å²) in [5.74, 6) is -0.138. The predicted octanol–water partition coefficient (Wildman–Crippen LogP) is 7.90. The van der Waals surface area contributed by atoms with Gasteiger partial charge in [0.2, 0.25) is 11.8 Å². The van der Waals surface area contributed by atoms with Gasteiger partial charge in [0.25, 0.3) is 0 Å². The smallest absolute Gasteiger partial charge is 0.234 e. The highest BCUT2D eigenvalue weighted by Crippen LogP contribution is 2.51. The van der Waals surface area contributed by atoms with Crippen LogP contribution in [0.25, 0.3) is 6.08 Å². The van der Waals surface area contributed by atoms with Crippen LogP contribution in [-0.2, 0) is 20.9 Å². The molecule has 240 valence electrons. The minimum atomic E-state index is -0.287. The molecule has 0 radical (unpaired) electrons. The Morgan fingerprint density at radius 3 is 2.51 bits per heavy atom. The van der Waals surface area contributed by atoms with Crippen molar-refractivity contribution in [2.45, 2.75) is 90.3 Å². The maximum absolute atomic E-state index is 14.1. The molecule has 4 atom stereocenters. The first-order valence-corrected chi connectivity index (χ1v) is 17.8. The minimum absolute atomic E-state index is 0.00245. The van der Waals surface area contributed by atoms with Crippen molar-refractivity contribution in [2.75, 3.05) is 19.7 Å². The highest BCUT2D eigenvalue weighted by molar-refractivity contribution is 9.10. The molecule has 0 bridgehead atoms. The number of hydrogen-bond acceptors (Lipinski definition) is 5. The van der Waals surface area contributed by atoms with Crippen LogP contribution in [0.5, 0.6) is 5.75 Å². The highest BCUT2D eigenvalue weighted by atomic mass is 79.9. The number of nitrogens with zero attached hydrogens (tertiary/aromatic N) is 2. The number of fused-ring (bicyclic) bond motifs is 3. The fourth-order valence-electron chi connectivity index (χ4n) is 8.34. The largest absolute Gasteiger partial charge is 0.507 e. The van der Waals surface area contributed by atoms with E-state index in [-0.39, 0.29) is 47.5 Å². The van der Waals surface area contributed by atoms with Crippen LogP contribution in [0.1, 0.15) is 82.8 Å². The molecular formula is C38H47BrN2O4. The van der Waals surface area contributed by atoms with Gasteiger partial charge in [-0.15, -0.1) is 0 Å². The van der Waals surface area contributed by atoms with E-state index in [4.69, 9.17) is 4.74 Å². The quantitative estimate of drug-likeness (QED) is 0.194. The number of piperidine rings is 1. The number of amides is 2. The zero-order chi connectivity index (χ0) is 31.5. The van der Waals surface area contributed by atoms with E-state index in [2.05, 4.69) is 65.0 Å². The Bertz CT molecular complexity index is 1440. The van der Waals surface area contributed by atoms with Gasteiger partial charge in [0.1, 0.15) is 5.75 Å². The second kappa shape index (κ2) is 14.4. The predicted molar refractivity (Wildman–Crippen MR) is 181 cm³/mol. The van der Waals surface area contributed by atoms with Crippen LogP contribution in [0.15, 0.2) is 69.7 Å². The first-order valence-electron chi connectivity index (χ1n) is 17.0. The summed E-state index contributed by atoms with van der Waals surface area (Å²) in [6.45, 7) is 7.61. The van der Waals surface area contributed by atoms with Crippen LogP contribution in [-0.4, -0.2) is 58.6 Å². The van der Waals surface area contributed by atoms with Crippen molar-refractivity contribution in [2.24, 2.45) is 17.8 Å². The fourth-order valence-corrected chi connectivity index (χ4v) is 8.72. The van der Waals surface area contributed by atoms with Gasteiger partial charge in [0.15, 0.2) is 0 Å². The van der Waals surface area contributed by atoms with E-state index >= 15 is 0 Å². The Hall–Kier alpha value is -2.74. The van der Waals surface area contributed by atoms with Crippen LogP contribution < -0.4 is 0 Å². The molecule has 3 heterocycles. The number of allylic oxidation sites excluding steroid dienone is 2. The first kappa shape index (κ1) is 32.2. The third-order valence-corrected chi connectivity index (χ3v) is 10.9. The van der Waals surface area contributed by atoms with E-state index in [1.807, 2.05) is 18.2 Å². The van der Waals surface area contributed by atoms with E-state index < -0.39 is 0 Å². The molecule has 4 aliphatic rings. The minimum Gasteiger partial charge on any atom is -0.507 e. The van der Waals surface area contributed by atoms with Gasteiger partial charge < -0.3 is 9.84 Å². The number of phenols is 1. The number of likely N-dealkylation sites (tertiary alicyclic amines) is 2. The van der Waals surface area contributed by atoms with Crippen molar-refractivity contribution >= 4 is 33.8 Å². The zero-order valence-corrected chi connectivity index (χ0v) is 28.3. The Kier molecular flexibility index (Phi) is 10.3. The summed E-state index contributed by atoms with van der Waals surface area (Å²) in [6, 6.07) is 16.0. The van der Waals surface area contributed by atoms with Gasteiger partial charge in [0, 0.05) is 41.6 Å². The molecule has 45 heavy (non-hydrogen) atoms. The molecule has 0 aromatic heterocycles. The maximum atomic E-state index is 14.1. The third-order valence-electron chi connectivity index (χ3n) is 10.4. The van der Waals surface area contributed by atoms with Crippen LogP contribution >= 0.6 is 15.9 Å². The fraction of sp³-hybridized carbons (Fsp3) is 0.526. The Balaban J connectivity index is 1.15. The lowest BCUT2D eigenvalue weighted by Crippen LogP contribution is -2.47. The number of aromatic hydroxyl groups is 1. The van der Waals surface area contributed by atoms with E-state index in [0.29, 0.717) is 13.0 Å². The van der Waals surface area contributed by atoms with Gasteiger partial charge in [-0.1, -0.05) is 90.2 Å². The SMILES string of the molecule is CCCC1=C2[C@@H](CC/C(=C/c3cc(Br)ccc3O)CCC)OC[C@@H]2[C@@H]2C(=O)N(C3CCN(Cc4ccccc4)CC3)C(=O)[C@@H]2C1. The van der Waals surface area contributed by atoms with Crippen molar-refractivity contribution in [3.8, 4) is 5.75 Å². The summed E-state index contributed by atoms with van der Waals surface area (Å²) in [5.41, 5.74) is 6.10. The van der Waals surface area contributed by atoms with Crippen molar-refractivity contribution in [3.63, 3.8) is 0 Å². The summed E-state index contributed by atoms with van der Waals surface area (Å²) >= 11 is 3.53. The molecule has 1 N–H and O–H groups in total. The topological polar surface area (TPSA) is 70.1 Å². The van der Waals surface area contributed by atoms with Crippen LogP contribution in [0.2, 0.25) is 0 Å². The Morgan fingerprint density at radius 1 is 1.00 bits per heavy atom. The first-order chi connectivity index (χ1) is 21.9.